The molecule has 2 aromatic carbocycles. The molecule has 3 rings (SSSR count). The number of hydrogen-bond acceptors (Lipinski definition) is 2. The molecule has 0 spiro atoms. The molecule has 0 fully saturated rings. The molecule has 136 valence electrons. The van der Waals surface area contributed by atoms with E-state index < -0.39 is 23.0 Å². The zero-order chi connectivity index (χ0) is 19.1. The van der Waals surface area contributed by atoms with E-state index in [9.17, 15) is 17.4 Å². The van der Waals surface area contributed by atoms with E-state index in [2.05, 4.69) is 10.2 Å². The molecule has 0 aliphatic rings. The first-order valence-corrected chi connectivity index (χ1v) is 8.80. The molecule has 0 saturated carbocycles. The Morgan fingerprint density at radius 1 is 1.12 bits per heavy atom. The van der Waals surface area contributed by atoms with Crippen LogP contribution in [-0.2, 0) is 17.3 Å². The van der Waals surface area contributed by atoms with Gasteiger partial charge in [-0.1, -0.05) is 35.9 Å². The van der Waals surface area contributed by atoms with E-state index in [1.807, 2.05) is 0 Å². The SMILES string of the molecule is Cc1ccc(-c2c(-c3ccc(S(=O)O)cc3)n[nH]c2C(F)(F)F)cc1Cl. The summed E-state index contributed by atoms with van der Waals surface area (Å²) in [5, 5.41) is 6.23. The number of aryl methyl sites for hydroxylation is 1. The van der Waals surface area contributed by atoms with Crippen molar-refractivity contribution in [2.45, 2.75) is 18.0 Å². The van der Waals surface area contributed by atoms with Gasteiger partial charge < -0.3 is 4.55 Å². The highest BCUT2D eigenvalue weighted by molar-refractivity contribution is 7.79. The van der Waals surface area contributed by atoms with Gasteiger partial charge in [0.25, 0.3) is 0 Å². The van der Waals surface area contributed by atoms with E-state index in [0.717, 1.165) is 5.56 Å². The Balaban J connectivity index is 2.21. The zero-order valence-electron chi connectivity index (χ0n) is 13.3. The molecule has 1 heterocycles. The smallest absolute Gasteiger partial charge is 0.302 e. The van der Waals surface area contributed by atoms with Gasteiger partial charge >= 0.3 is 6.18 Å². The van der Waals surface area contributed by atoms with Crippen molar-refractivity contribution in [1.29, 1.82) is 0 Å². The first-order chi connectivity index (χ1) is 12.2. The van der Waals surface area contributed by atoms with E-state index >= 15 is 0 Å². The lowest BCUT2D eigenvalue weighted by molar-refractivity contribution is -0.140. The minimum Gasteiger partial charge on any atom is -0.302 e. The van der Waals surface area contributed by atoms with E-state index in [4.69, 9.17) is 16.2 Å². The number of hydrogen-bond donors (Lipinski definition) is 2. The lowest BCUT2D eigenvalue weighted by atomic mass is 9.98. The summed E-state index contributed by atoms with van der Waals surface area (Å²) in [7, 11) is 0. The Morgan fingerprint density at radius 3 is 2.27 bits per heavy atom. The Hall–Kier alpha value is -2.16. The Bertz CT molecular complexity index is 985. The van der Waals surface area contributed by atoms with Crippen molar-refractivity contribution in [3.8, 4) is 22.4 Å². The average molecular weight is 401 g/mol. The van der Waals surface area contributed by atoms with Gasteiger partial charge in [0, 0.05) is 16.1 Å². The van der Waals surface area contributed by atoms with Crippen LogP contribution in [0, 0.1) is 6.92 Å². The molecule has 0 aliphatic heterocycles. The lowest BCUT2D eigenvalue weighted by Gasteiger charge is -2.10. The van der Waals surface area contributed by atoms with Crippen molar-refractivity contribution >= 4 is 22.7 Å². The van der Waals surface area contributed by atoms with Crippen molar-refractivity contribution in [1.82, 2.24) is 10.2 Å². The summed E-state index contributed by atoms with van der Waals surface area (Å²) in [5.41, 5.74) is 0.347. The molecule has 0 aliphatic carbocycles. The van der Waals surface area contributed by atoms with Crippen molar-refractivity contribution in [2.24, 2.45) is 0 Å². The van der Waals surface area contributed by atoms with Crippen LogP contribution in [0.5, 0.6) is 0 Å². The van der Waals surface area contributed by atoms with Gasteiger partial charge in [-0.25, -0.2) is 4.21 Å². The quantitative estimate of drug-likeness (QED) is 0.586. The third-order valence-corrected chi connectivity index (χ3v) is 4.92. The van der Waals surface area contributed by atoms with Crippen LogP contribution in [0.15, 0.2) is 47.4 Å². The standard InChI is InChI=1S/C17H12ClF3N2O2S/c1-9-2-3-11(8-13(9)18)14-15(22-23-16(14)17(19,20)21)10-4-6-12(7-5-10)26(24)25/h2-8H,1H3,(H,22,23)(H,24,25). The summed E-state index contributed by atoms with van der Waals surface area (Å²) in [4.78, 5) is 0.139. The Morgan fingerprint density at radius 2 is 1.73 bits per heavy atom. The minimum atomic E-state index is -4.63. The summed E-state index contributed by atoms with van der Waals surface area (Å²) in [6, 6.07) is 10.2. The number of aromatic amines is 1. The molecule has 0 saturated heterocycles. The summed E-state index contributed by atoms with van der Waals surface area (Å²) in [6.45, 7) is 1.75. The van der Waals surface area contributed by atoms with Gasteiger partial charge in [-0.15, -0.1) is 0 Å². The molecule has 1 unspecified atom stereocenters. The third-order valence-electron chi connectivity index (χ3n) is 3.84. The van der Waals surface area contributed by atoms with Gasteiger partial charge in [-0.05, 0) is 36.2 Å². The van der Waals surface area contributed by atoms with Gasteiger partial charge in [0.15, 0.2) is 11.1 Å². The molecule has 9 heteroatoms. The first-order valence-electron chi connectivity index (χ1n) is 7.32. The van der Waals surface area contributed by atoms with Crippen molar-refractivity contribution in [3.05, 3.63) is 58.7 Å². The maximum Gasteiger partial charge on any atom is 0.433 e. The molecule has 2 N–H and O–H groups in total. The van der Waals surface area contributed by atoms with E-state index in [0.29, 0.717) is 10.6 Å². The normalized spacial score (nSPS) is 13.0. The van der Waals surface area contributed by atoms with Gasteiger partial charge in [0.05, 0.1) is 4.90 Å². The van der Waals surface area contributed by atoms with Gasteiger partial charge in [0.2, 0.25) is 0 Å². The van der Waals surface area contributed by atoms with Crippen LogP contribution >= 0.6 is 11.6 Å². The van der Waals surface area contributed by atoms with Crippen molar-refractivity contribution in [2.75, 3.05) is 0 Å². The molecule has 3 aromatic rings. The number of benzene rings is 2. The van der Waals surface area contributed by atoms with Crippen LogP contribution in [0.3, 0.4) is 0 Å². The van der Waals surface area contributed by atoms with Gasteiger partial charge in [-0.3, -0.25) is 5.10 Å². The van der Waals surface area contributed by atoms with E-state index in [1.54, 1.807) is 19.1 Å². The predicted molar refractivity (Wildman–Crippen MR) is 93.2 cm³/mol. The number of nitrogens with one attached hydrogen (secondary N) is 1. The molecule has 1 atom stereocenters. The maximum atomic E-state index is 13.4. The predicted octanol–water partition coefficient (Wildman–Crippen LogP) is 5.30. The number of H-pyrrole nitrogens is 1. The van der Waals surface area contributed by atoms with Crippen LogP contribution in [0.2, 0.25) is 5.02 Å². The van der Waals surface area contributed by atoms with Gasteiger partial charge in [-0.2, -0.15) is 18.3 Å². The number of alkyl halides is 3. The Labute approximate surface area is 154 Å². The lowest BCUT2D eigenvalue weighted by Crippen LogP contribution is -2.07. The molecule has 0 amide bonds. The fraction of sp³-hybridized carbons (Fsp3) is 0.118. The molecular weight excluding hydrogens is 389 g/mol. The maximum absolute atomic E-state index is 13.4. The van der Waals surface area contributed by atoms with Crippen LogP contribution in [0.25, 0.3) is 22.4 Å². The second kappa shape index (κ2) is 6.86. The molecule has 4 nitrogen and oxygen atoms in total. The summed E-state index contributed by atoms with van der Waals surface area (Å²) in [5.74, 6) is 0. The molecule has 1 aromatic heterocycles. The van der Waals surface area contributed by atoms with E-state index in [1.165, 1.54) is 30.3 Å². The molecule has 0 bridgehead atoms. The van der Waals surface area contributed by atoms with Crippen LogP contribution < -0.4 is 0 Å². The van der Waals surface area contributed by atoms with Crippen molar-refractivity contribution in [3.63, 3.8) is 0 Å². The largest absolute Gasteiger partial charge is 0.433 e. The second-order valence-electron chi connectivity index (χ2n) is 5.56. The topological polar surface area (TPSA) is 66.0 Å². The van der Waals surface area contributed by atoms with Crippen LogP contribution in [0.1, 0.15) is 11.3 Å². The van der Waals surface area contributed by atoms with Crippen LogP contribution in [0.4, 0.5) is 13.2 Å². The molecule has 0 radical (unpaired) electrons. The molecule has 26 heavy (non-hydrogen) atoms. The highest BCUT2D eigenvalue weighted by Gasteiger charge is 2.38. The first kappa shape index (κ1) is 18.6. The average Bonchev–Trinajstić information content (AvgIpc) is 3.02. The highest BCUT2D eigenvalue weighted by atomic mass is 35.5. The third kappa shape index (κ3) is 3.53. The number of aromatic nitrogens is 2. The fourth-order valence-corrected chi connectivity index (χ4v) is 3.06. The number of rotatable bonds is 3. The number of nitrogens with zero attached hydrogens (tertiary/aromatic N) is 1. The fourth-order valence-electron chi connectivity index (χ4n) is 2.51. The van der Waals surface area contributed by atoms with Crippen molar-refractivity contribution < 1.29 is 21.9 Å². The molecular formula is C17H12ClF3N2O2S. The zero-order valence-corrected chi connectivity index (χ0v) is 14.8. The highest BCUT2D eigenvalue weighted by Crippen LogP contribution is 2.42. The van der Waals surface area contributed by atoms with Crippen LogP contribution in [-0.4, -0.2) is 19.0 Å². The summed E-state index contributed by atoms with van der Waals surface area (Å²) >= 11 is 3.90. The minimum absolute atomic E-state index is 0.0764. The summed E-state index contributed by atoms with van der Waals surface area (Å²) < 4.78 is 60.4. The Kier molecular flexibility index (Phi) is 4.92. The second-order valence-corrected chi connectivity index (χ2v) is 6.93. The monoisotopic (exact) mass is 400 g/mol. The summed E-state index contributed by atoms with van der Waals surface area (Å²) in [6.07, 6.45) is -4.63. The number of halogens is 4. The van der Waals surface area contributed by atoms with E-state index in [-0.39, 0.29) is 21.7 Å². The van der Waals surface area contributed by atoms with Gasteiger partial charge in [0.1, 0.15) is 11.4 Å².